The van der Waals surface area contributed by atoms with Gasteiger partial charge in [0.25, 0.3) is 0 Å². The Bertz CT molecular complexity index is 1350. The molecular formula is C35H53NO12. The first-order valence-corrected chi connectivity index (χ1v) is 17.5. The molecule has 1 aliphatic heterocycles. The first-order chi connectivity index (χ1) is 23.1. The standard InChI is InChI=1S/C35H53NO12/c1-3-5-6-7-13-36-14-16-46-31-29-22(12-15-45-29)17-21(9-11-27(40)44-4-2)30(31)48-33-35(43)28-23(8-10-25(39)24(28)19-37)18-34(42,32(35)41)26(20-38)47-33/h12,15,17,23-26,28,32-33,36-39,41-43H,3-11,13-14,16,18-20H2,1-2H3/t23-,24+,25+,26+,28-,32-,33-,34+,35+/m0/s1. The zero-order valence-electron chi connectivity index (χ0n) is 28.0. The molecule has 1 aromatic heterocycles. The number of aliphatic hydroxyl groups excluding tert-OH is 4. The fraction of sp³-hybridized carbons (Fsp3) is 0.743. The second-order valence-electron chi connectivity index (χ2n) is 13.5. The minimum Gasteiger partial charge on any atom is -0.485 e. The lowest BCUT2D eigenvalue weighted by atomic mass is 9.51. The lowest BCUT2D eigenvalue weighted by molar-refractivity contribution is -0.397. The van der Waals surface area contributed by atoms with Crippen molar-refractivity contribution in [2.75, 3.05) is 39.5 Å². The van der Waals surface area contributed by atoms with Crippen molar-refractivity contribution in [1.82, 2.24) is 5.32 Å². The van der Waals surface area contributed by atoms with E-state index in [1.807, 2.05) is 0 Å². The number of aryl methyl sites for hydroxylation is 1. The predicted octanol–water partition coefficient (Wildman–Crippen LogP) is 1.80. The molecule has 2 aromatic rings. The van der Waals surface area contributed by atoms with Crippen LogP contribution in [0.4, 0.5) is 0 Å². The Hall–Kier alpha value is -2.49. The lowest BCUT2D eigenvalue weighted by Crippen LogP contribution is -2.81. The minimum absolute atomic E-state index is 0.00717. The van der Waals surface area contributed by atoms with Gasteiger partial charge in [0.1, 0.15) is 24.4 Å². The fourth-order valence-electron chi connectivity index (χ4n) is 8.13. The maximum absolute atomic E-state index is 12.5. The van der Waals surface area contributed by atoms with Crippen molar-refractivity contribution in [1.29, 1.82) is 0 Å². The molecule has 13 heteroatoms. The summed E-state index contributed by atoms with van der Waals surface area (Å²) < 4.78 is 30.0. The van der Waals surface area contributed by atoms with Crippen LogP contribution >= 0.6 is 0 Å². The van der Waals surface area contributed by atoms with Gasteiger partial charge in [0.05, 0.1) is 25.6 Å². The van der Waals surface area contributed by atoms with E-state index in [1.165, 1.54) is 12.7 Å². The summed E-state index contributed by atoms with van der Waals surface area (Å²) in [6.07, 6.45) is 1.05. The maximum Gasteiger partial charge on any atom is 0.306 e. The summed E-state index contributed by atoms with van der Waals surface area (Å²) >= 11 is 0. The van der Waals surface area contributed by atoms with Gasteiger partial charge in [-0.2, -0.15) is 0 Å². The molecule has 2 aliphatic carbocycles. The van der Waals surface area contributed by atoms with Crippen molar-refractivity contribution in [2.45, 2.75) is 107 Å². The van der Waals surface area contributed by atoms with E-state index in [2.05, 4.69) is 12.2 Å². The highest BCUT2D eigenvalue weighted by Gasteiger charge is 2.73. The van der Waals surface area contributed by atoms with Gasteiger partial charge in [-0.15, -0.1) is 0 Å². The van der Waals surface area contributed by atoms with Crippen molar-refractivity contribution in [3.63, 3.8) is 0 Å². The number of hydrogen-bond donors (Lipinski definition) is 7. The molecule has 2 saturated carbocycles. The second-order valence-corrected chi connectivity index (χ2v) is 13.5. The molecule has 2 bridgehead atoms. The Labute approximate surface area is 281 Å². The number of unbranched alkanes of at least 4 members (excludes halogenated alkanes) is 3. The molecule has 270 valence electrons. The lowest BCUT2D eigenvalue weighted by Gasteiger charge is -2.64. The summed E-state index contributed by atoms with van der Waals surface area (Å²) in [6.45, 7) is 4.52. The van der Waals surface area contributed by atoms with E-state index in [0.29, 0.717) is 35.9 Å². The molecule has 0 amide bonds. The van der Waals surface area contributed by atoms with Crippen LogP contribution in [-0.4, -0.2) is 112 Å². The number of ether oxygens (including phenoxy) is 4. The smallest absolute Gasteiger partial charge is 0.306 e. The number of esters is 1. The summed E-state index contributed by atoms with van der Waals surface area (Å²) in [5.74, 6) is -2.33. The Morgan fingerprint density at radius 1 is 1.06 bits per heavy atom. The number of fused-ring (bicyclic) bond motifs is 5. The number of aliphatic hydroxyl groups is 6. The van der Waals surface area contributed by atoms with Crippen LogP contribution < -0.4 is 14.8 Å². The predicted molar refractivity (Wildman–Crippen MR) is 173 cm³/mol. The van der Waals surface area contributed by atoms with E-state index in [0.717, 1.165) is 25.8 Å². The summed E-state index contributed by atoms with van der Waals surface area (Å²) in [5.41, 5.74) is -3.48. The zero-order valence-corrected chi connectivity index (χ0v) is 28.0. The fourth-order valence-corrected chi connectivity index (χ4v) is 8.13. The molecule has 3 fully saturated rings. The van der Waals surface area contributed by atoms with E-state index in [9.17, 15) is 35.4 Å². The average Bonchev–Trinajstić information content (AvgIpc) is 3.54. The summed E-state index contributed by atoms with van der Waals surface area (Å²) in [4.78, 5) is 12.4. The van der Waals surface area contributed by atoms with Gasteiger partial charge in [0.15, 0.2) is 16.9 Å². The van der Waals surface area contributed by atoms with E-state index < -0.39 is 72.7 Å². The van der Waals surface area contributed by atoms with Gasteiger partial charge in [-0.3, -0.25) is 4.79 Å². The highest BCUT2D eigenvalue weighted by Crippen LogP contribution is 2.58. The summed E-state index contributed by atoms with van der Waals surface area (Å²) in [7, 11) is 0. The highest BCUT2D eigenvalue weighted by atomic mass is 16.7. The summed E-state index contributed by atoms with van der Waals surface area (Å²) in [5, 5.41) is 71.6. The van der Waals surface area contributed by atoms with Crippen LogP contribution in [0.25, 0.3) is 11.0 Å². The molecule has 48 heavy (non-hydrogen) atoms. The van der Waals surface area contributed by atoms with Gasteiger partial charge >= 0.3 is 5.97 Å². The first-order valence-electron chi connectivity index (χ1n) is 17.5. The Kier molecular flexibility index (Phi) is 12.3. The minimum atomic E-state index is -2.33. The Balaban J connectivity index is 1.53. The van der Waals surface area contributed by atoms with E-state index in [1.54, 1.807) is 19.1 Å². The number of rotatable bonds is 17. The molecule has 13 nitrogen and oxygen atoms in total. The third kappa shape index (κ3) is 7.06. The van der Waals surface area contributed by atoms with Crippen LogP contribution in [0.2, 0.25) is 0 Å². The van der Waals surface area contributed by atoms with Crippen molar-refractivity contribution < 1.29 is 58.8 Å². The molecule has 0 unspecified atom stereocenters. The highest BCUT2D eigenvalue weighted by molar-refractivity contribution is 5.87. The molecule has 5 rings (SSSR count). The van der Waals surface area contributed by atoms with Crippen LogP contribution in [0.15, 0.2) is 22.8 Å². The van der Waals surface area contributed by atoms with Gasteiger partial charge in [-0.25, -0.2) is 0 Å². The van der Waals surface area contributed by atoms with Gasteiger partial charge < -0.3 is 59.3 Å². The first kappa shape index (κ1) is 36.8. The van der Waals surface area contributed by atoms with E-state index in [-0.39, 0.29) is 44.0 Å². The number of carbonyl (C=O) groups excluding carboxylic acids is 1. The van der Waals surface area contributed by atoms with Gasteiger partial charge in [0.2, 0.25) is 12.0 Å². The monoisotopic (exact) mass is 679 g/mol. The molecule has 9 atom stereocenters. The zero-order chi connectivity index (χ0) is 34.5. The second kappa shape index (κ2) is 16.0. The quantitative estimate of drug-likeness (QED) is 0.0944. The molecule has 0 radical (unpaired) electrons. The molecule has 7 N–H and O–H groups in total. The normalized spacial score (nSPS) is 33.0. The number of carbonyl (C=O) groups is 1. The maximum atomic E-state index is 12.5. The van der Waals surface area contributed by atoms with Crippen LogP contribution in [0.5, 0.6) is 11.5 Å². The SMILES string of the molecule is CCCCCCNCCOc1c(O[C@@H]2O[C@H](CO)[C@]3(O)C[C@@H]4CC[C@@H](O)[C@@H](CO)[C@H]4[C@@]2(O)[C@H]3O)c(CCC(=O)OCC)cc2ccoc12. The van der Waals surface area contributed by atoms with Gasteiger partial charge in [-0.1, -0.05) is 26.2 Å². The largest absolute Gasteiger partial charge is 0.485 e. The number of nitrogens with one attached hydrogen (secondary N) is 1. The Morgan fingerprint density at radius 3 is 2.60 bits per heavy atom. The van der Waals surface area contributed by atoms with Gasteiger partial charge in [-0.05, 0) is 69.2 Å². The molecular weight excluding hydrogens is 626 g/mol. The van der Waals surface area contributed by atoms with Gasteiger partial charge in [0, 0.05) is 36.8 Å². The molecule has 1 saturated heterocycles. The van der Waals surface area contributed by atoms with E-state index in [4.69, 9.17) is 23.4 Å². The number of furan rings is 1. The van der Waals surface area contributed by atoms with Crippen molar-refractivity contribution >= 4 is 16.9 Å². The Morgan fingerprint density at radius 2 is 1.88 bits per heavy atom. The van der Waals surface area contributed by atoms with Crippen molar-refractivity contribution in [3.8, 4) is 11.5 Å². The summed E-state index contributed by atoms with van der Waals surface area (Å²) in [6, 6.07) is 3.53. The molecule has 2 heterocycles. The van der Waals surface area contributed by atoms with Crippen molar-refractivity contribution in [2.24, 2.45) is 17.8 Å². The number of benzene rings is 1. The van der Waals surface area contributed by atoms with Crippen LogP contribution in [0, 0.1) is 17.8 Å². The number of hydrogen-bond acceptors (Lipinski definition) is 13. The van der Waals surface area contributed by atoms with E-state index >= 15 is 0 Å². The topological polar surface area (TPSA) is 201 Å². The third-order valence-electron chi connectivity index (χ3n) is 10.5. The average molecular weight is 680 g/mol. The molecule has 1 aromatic carbocycles. The van der Waals surface area contributed by atoms with Crippen LogP contribution in [-0.2, 0) is 20.7 Å². The molecule has 0 spiro atoms. The molecule has 3 aliphatic rings. The van der Waals surface area contributed by atoms with Crippen LogP contribution in [0.1, 0.15) is 70.8 Å². The van der Waals surface area contributed by atoms with Crippen LogP contribution in [0.3, 0.4) is 0 Å². The van der Waals surface area contributed by atoms with Crippen molar-refractivity contribution in [3.05, 3.63) is 24.0 Å². The third-order valence-corrected chi connectivity index (χ3v) is 10.5.